The van der Waals surface area contributed by atoms with E-state index in [1.165, 1.54) is 25.7 Å². The summed E-state index contributed by atoms with van der Waals surface area (Å²) in [7, 11) is 0. The quantitative estimate of drug-likeness (QED) is 0.600. The summed E-state index contributed by atoms with van der Waals surface area (Å²) in [5.74, 6) is 1.42. The van der Waals surface area contributed by atoms with E-state index in [0.29, 0.717) is 12.0 Å². The molecule has 2 atom stereocenters. The molecule has 1 rings (SSSR count). The number of hydrogen-bond donors (Lipinski definition) is 0. The first-order valence-corrected chi connectivity index (χ1v) is 7.01. The summed E-state index contributed by atoms with van der Waals surface area (Å²) in [6, 6.07) is 0. The van der Waals surface area contributed by atoms with Crippen molar-refractivity contribution in [2.75, 3.05) is 19.8 Å². The zero-order chi connectivity index (χ0) is 11.8. The van der Waals surface area contributed by atoms with Gasteiger partial charge in [0.05, 0.1) is 19.3 Å². The van der Waals surface area contributed by atoms with Crippen LogP contribution in [-0.4, -0.2) is 25.9 Å². The SMILES string of the molecule is CCCCC(CC)COC(CC)C1COC1. The van der Waals surface area contributed by atoms with Crippen molar-refractivity contribution in [1.29, 1.82) is 0 Å². The van der Waals surface area contributed by atoms with Crippen LogP contribution in [0.5, 0.6) is 0 Å². The Morgan fingerprint density at radius 1 is 1.19 bits per heavy atom. The lowest BCUT2D eigenvalue weighted by Gasteiger charge is -2.34. The highest BCUT2D eigenvalue weighted by atomic mass is 16.5. The van der Waals surface area contributed by atoms with E-state index in [1.54, 1.807) is 0 Å². The second kappa shape index (κ2) is 8.08. The van der Waals surface area contributed by atoms with Crippen LogP contribution in [0.15, 0.2) is 0 Å². The summed E-state index contributed by atoms with van der Waals surface area (Å²) in [5.41, 5.74) is 0. The zero-order valence-electron chi connectivity index (χ0n) is 11.2. The van der Waals surface area contributed by atoms with Crippen LogP contribution in [0.2, 0.25) is 0 Å². The van der Waals surface area contributed by atoms with Crippen molar-refractivity contribution in [1.82, 2.24) is 0 Å². The van der Waals surface area contributed by atoms with Gasteiger partial charge in [0.15, 0.2) is 0 Å². The zero-order valence-corrected chi connectivity index (χ0v) is 11.2. The number of unbranched alkanes of at least 4 members (excludes halogenated alkanes) is 1. The van der Waals surface area contributed by atoms with Crippen LogP contribution in [-0.2, 0) is 9.47 Å². The molecule has 2 heteroatoms. The molecule has 16 heavy (non-hydrogen) atoms. The Labute approximate surface area is 101 Å². The van der Waals surface area contributed by atoms with Gasteiger partial charge in [-0.25, -0.2) is 0 Å². The van der Waals surface area contributed by atoms with Crippen molar-refractivity contribution in [3.63, 3.8) is 0 Å². The summed E-state index contributed by atoms with van der Waals surface area (Å²) in [5, 5.41) is 0. The van der Waals surface area contributed by atoms with Crippen molar-refractivity contribution in [3.8, 4) is 0 Å². The predicted octanol–water partition coefficient (Wildman–Crippen LogP) is 3.64. The molecule has 0 N–H and O–H groups in total. The average molecular weight is 228 g/mol. The second-order valence-corrected chi connectivity index (χ2v) is 4.99. The Balaban J connectivity index is 2.18. The summed E-state index contributed by atoms with van der Waals surface area (Å²) < 4.78 is 11.3. The standard InChI is InChI=1S/C14H28O2/c1-4-7-8-12(5-2)9-16-14(6-3)13-10-15-11-13/h12-14H,4-11H2,1-3H3. The van der Waals surface area contributed by atoms with Crippen molar-refractivity contribution in [3.05, 3.63) is 0 Å². The van der Waals surface area contributed by atoms with Gasteiger partial charge in [0.2, 0.25) is 0 Å². The highest BCUT2D eigenvalue weighted by Crippen LogP contribution is 2.22. The van der Waals surface area contributed by atoms with Crippen LogP contribution >= 0.6 is 0 Å². The van der Waals surface area contributed by atoms with Crippen LogP contribution < -0.4 is 0 Å². The van der Waals surface area contributed by atoms with Gasteiger partial charge in [-0.2, -0.15) is 0 Å². The predicted molar refractivity (Wildman–Crippen MR) is 67.6 cm³/mol. The normalized spacial score (nSPS) is 20.4. The van der Waals surface area contributed by atoms with Crippen molar-refractivity contribution in [2.24, 2.45) is 11.8 Å². The summed E-state index contributed by atoms with van der Waals surface area (Å²) in [4.78, 5) is 0. The van der Waals surface area contributed by atoms with Crippen molar-refractivity contribution >= 4 is 0 Å². The molecule has 0 aromatic heterocycles. The molecule has 1 fully saturated rings. The summed E-state index contributed by atoms with van der Waals surface area (Å²) >= 11 is 0. The molecule has 0 spiro atoms. The van der Waals surface area contributed by atoms with Crippen LogP contribution in [0.4, 0.5) is 0 Å². The lowest BCUT2D eigenvalue weighted by Crippen LogP contribution is -2.39. The molecule has 0 aromatic carbocycles. The first kappa shape index (κ1) is 14.0. The van der Waals surface area contributed by atoms with Crippen LogP contribution in [0, 0.1) is 11.8 Å². The van der Waals surface area contributed by atoms with E-state index < -0.39 is 0 Å². The smallest absolute Gasteiger partial charge is 0.0644 e. The van der Waals surface area contributed by atoms with E-state index in [-0.39, 0.29) is 0 Å². The largest absolute Gasteiger partial charge is 0.380 e. The number of hydrogen-bond acceptors (Lipinski definition) is 2. The van der Waals surface area contributed by atoms with Gasteiger partial charge in [-0.1, -0.05) is 40.0 Å². The third-order valence-corrected chi connectivity index (χ3v) is 3.68. The van der Waals surface area contributed by atoms with Crippen LogP contribution in [0.1, 0.15) is 52.9 Å². The van der Waals surface area contributed by atoms with E-state index >= 15 is 0 Å². The molecule has 0 radical (unpaired) electrons. The molecule has 2 nitrogen and oxygen atoms in total. The van der Waals surface area contributed by atoms with Crippen molar-refractivity contribution in [2.45, 2.75) is 59.0 Å². The monoisotopic (exact) mass is 228 g/mol. The molecule has 1 heterocycles. The first-order valence-electron chi connectivity index (χ1n) is 7.01. The Morgan fingerprint density at radius 3 is 2.38 bits per heavy atom. The van der Waals surface area contributed by atoms with E-state index in [0.717, 1.165) is 32.2 Å². The van der Waals surface area contributed by atoms with Crippen LogP contribution in [0.25, 0.3) is 0 Å². The maximum Gasteiger partial charge on any atom is 0.0644 e. The molecule has 0 aromatic rings. The minimum Gasteiger partial charge on any atom is -0.380 e. The van der Waals surface area contributed by atoms with Gasteiger partial charge in [-0.3, -0.25) is 0 Å². The molecule has 0 aliphatic carbocycles. The van der Waals surface area contributed by atoms with Gasteiger partial charge in [-0.15, -0.1) is 0 Å². The molecule has 0 saturated carbocycles. The molecule has 2 unspecified atom stereocenters. The van der Waals surface area contributed by atoms with Gasteiger partial charge in [0.1, 0.15) is 0 Å². The van der Waals surface area contributed by atoms with Gasteiger partial charge in [-0.05, 0) is 18.8 Å². The van der Waals surface area contributed by atoms with E-state index in [2.05, 4.69) is 20.8 Å². The fraction of sp³-hybridized carbons (Fsp3) is 1.00. The van der Waals surface area contributed by atoms with E-state index in [9.17, 15) is 0 Å². The van der Waals surface area contributed by atoms with Crippen LogP contribution in [0.3, 0.4) is 0 Å². The van der Waals surface area contributed by atoms with Gasteiger partial charge in [0, 0.05) is 12.5 Å². The molecular formula is C14H28O2. The first-order chi connectivity index (χ1) is 7.81. The van der Waals surface area contributed by atoms with Crippen molar-refractivity contribution < 1.29 is 9.47 Å². The van der Waals surface area contributed by atoms with Gasteiger partial charge >= 0.3 is 0 Å². The fourth-order valence-electron chi connectivity index (χ4n) is 2.21. The van der Waals surface area contributed by atoms with E-state index in [4.69, 9.17) is 9.47 Å². The molecular weight excluding hydrogens is 200 g/mol. The lowest BCUT2D eigenvalue weighted by molar-refractivity contribution is -0.120. The van der Waals surface area contributed by atoms with Gasteiger partial charge < -0.3 is 9.47 Å². The Kier molecular flexibility index (Phi) is 7.06. The Bertz CT molecular complexity index is 166. The summed E-state index contributed by atoms with van der Waals surface area (Å²) in [6.07, 6.45) is 6.76. The minimum absolute atomic E-state index is 0.435. The third-order valence-electron chi connectivity index (χ3n) is 3.68. The third kappa shape index (κ3) is 4.42. The number of rotatable bonds is 9. The molecule has 1 aliphatic heterocycles. The topological polar surface area (TPSA) is 18.5 Å². The molecule has 0 amide bonds. The van der Waals surface area contributed by atoms with E-state index in [1.807, 2.05) is 0 Å². The Morgan fingerprint density at radius 2 is 1.94 bits per heavy atom. The van der Waals surface area contributed by atoms with Gasteiger partial charge in [0.25, 0.3) is 0 Å². The number of ether oxygens (including phenoxy) is 2. The Hall–Kier alpha value is -0.0800. The molecule has 1 saturated heterocycles. The molecule has 0 bridgehead atoms. The second-order valence-electron chi connectivity index (χ2n) is 4.99. The highest BCUT2D eigenvalue weighted by molar-refractivity contribution is 4.75. The minimum atomic E-state index is 0.435. The molecule has 1 aliphatic rings. The molecule has 96 valence electrons. The maximum absolute atomic E-state index is 6.07. The summed E-state index contributed by atoms with van der Waals surface area (Å²) in [6.45, 7) is 9.52. The maximum atomic E-state index is 6.07. The highest BCUT2D eigenvalue weighted by Gasteiger charge is 2.28. The lowest BCUT2D eigenvalue weighted by atomic mass is 9.97. The average Bonchev–Trinajstić information content (AvgIpc) is 2.25. The fourth-order valence-corrected chi connectivity index (χ4v) is 2.21.